The monoisotopic (exact) mass is 328 g/mol. The van der Waals surface area contributed by atoms with Gasteiger partial charge in [0.15, 0.2) is 0 Å². The molecule has 2 aromatic rings. The Morgan fingerprint density at radius 3 is 2.29 bits per heavy atom. The number of halogens is 3. The first-order chi connectivity index (χ1) is 11.4. The molecule has 3 rings (SSSR count). The van der Waals surface area contributed by atoms with E-state index in [2.05, 4.69) is 30.7 Å². The summed E-state index contributed by atoms with van der Waals surface area (Å²) in [6.07, 6.45) is 2.29. The summed E-state index contributed by atoms with van der Waals surface area (Å²) >= 11 is 0. The van der Waals surface area contributed by atoms with Gasteiger partial charge in [-0.1, -0.05) is 36.3 Å². The van der Waals surface area contributed by atoms with Gasteiger partial charge in [0.2, 0.25) is 0 Å². The maximum Gasteiger partial charge on any atom is 0.458 e. The summed E-state index contributed by atoms with van der Waals surface area (Å²) in [5.74, 6) is 4.70. The zero-order chi connectivity index (χ0) is 17.2. The lowest BCUT2D eigenvalue weighted by molar-refractivity contribution is -0.0696. The van der Waals surface area contributed by atoms with Crippen molar-refractivity contribution >= 4 is 10.8 Å². The van der Waals surface area contributed by atoms with Gasteiger partial charge in [0.05, 0.1) is 0 Å². The van der Waals surface area contributed by atoms with Gasteiger partial charge < -0.3 is 0 Å². The second-order valence-corrected chi connectivity index (χ2v) is 6.42. The highest BCUT2D eigenvalue weighted by Crippen LogP contribution is 2.37. The van der Waals surface area contributed by atoms with Crippen molar-refractivity contribution in [2.45, 2.75) is 37.8 Å². The van der Waals surface area contributed by atoms with Gasteiger partial charge in [-0.25, -0.2) is 0 Å². The maximum atomic E-state index is 12.2. The van der Waals surface area contributed by atoms with Gasteiger partial charge in [0.1, 0.15) is 0 Å². The highest BCUT2D eigenvalue weighted by Gasteiger charge is 2.23. The van der Waals surface area contributed by atoms with E-state index in [4.69, 9.17) is 0 Å². The molecule has 0 saturated heterocycles. The molecule has 1 aliphatic rings. The zero-order valence-corrected chi connectivity index (χ0v) is 13.4. The Labute approximate surface area is 140 Å². The van der Waals surface area contributed by atoms with Crippen LogP contribution in [0.15, 0.2) is 49.1 Å². The maximum absolute atomic E-state index is 12.2. The molecule has 24 heavy (non-hydrogen) atoms. The molecule has 0 nitrogen and oxygen atoms in total. The third-order valence-corrected chi connectivity index (χ3v) is 4.79. The lowest BCUT2D eigenvalue weighted by Gasteiger charge is -2.27. The summed E-state index contributed by atoms with van der Waals surface area (Å²) in [6, 6.07) is 11.5. The van der Waals surface area contributed by atoms with E-state index in [1.165, 1.54) is 24.3 Å². The minimum absolute atomic E-state index is 0.388. The van der Waals surface area contributed by atoms with Gasteiger partial charge in [-0.05, 0) is 66.0 Å². The predicted molar refractivity (Wildman–Crippen MR) is 91.8 cm³/mol. The molecule has 2 aromatic carbocycles. The molecule has 0 spiro atoms. The van der Waals surface area contributed by atoms with Crippen LogP contribution in [0.4, 0.5) is 13.2 Å². The summed E-state index contributed by atoms with van der Waals surface area (Å²) in [6.45, 7) is 3.88. The number of alkyl halides is 3. The molecule has 0 unspecified atom stereocenters. The normalized spacial score (nSPS) is 21.1. The molecule has 1 aliphatic carbocycles. The van der Waals surface area contributed by atoms with Crippen molar-refractivity contribution < 1.29 is 13.2 Å². The van der Waals surface area contributed by atoms with Crippen LogP contribution < -0.4 is 0 Å². The second kappa shape index (κ2) is 6.73. The van der Waals surface area contributed by atoms with Gasteiger partial charge in [-0.15, -0.1) is 6.58 Å². The minimum Gasteiger partial charge on any atom is -0.159 e. The zero-order valence-electron chi connectivity index (χ0n) is 13.4. The summed E-state index contributed by atoms with van der Waals surface area (Å²) in [5.41, 5.74) is 1.71. The van der Waals surface area contributed by atoms with Crippen molar-refractivity contribution in [1.82, 2.24) is 0 Å². The minimum atomic E-state index is -4.46. The Balaban J connectivity index is 1.82. The van der Waals surface area contributed by atoms with Crippen molar-refractivity contribution in [2.75, 3.05) is 0 Å². The van der Waals surface area contributed by atoms with Gasteiger partial charge in [0.25, 0.3) is 0 Å². The fourth-order valence-corrected chi connectivity index (χ4v) is 3.43. The fraction of sp³-hybridized carbons (Fsp3) is 0.333. The molecule has 0 aliphatic heterocycles. The molecule has 0 bridgehead atoms. The van der Waals surface area contributed by atoms with Crippen LogP contribution in [0.2, 0.25) is 0 Å². The number of hydrogen-bond acceptors (Lipinski definition) is 0. The van der Waals surface area contributed by atoms with Crippen LogP contribution in [0.5, 0.6) is 0 Å². The SMILES string of the molecule is C=CC1CCC(c2ccc3cc(C#CC(F)(F)F)ccc3c2)CC1. The molecule has 0 aromatic heterocycles. The van der Waals surface area contributed by atoms with Crippen molar-refractivity contribution in [3.05, 3.63) is 60.2 Å². The second-order valence-electron chi connectivity index (χ2n) is 6.42. The number of benzene rings is 2. The Hall–Kier alpha value is -2.21. The molecule has 0 atom stereocenters. The van der Waals surface area contributed by atoms with Crippen molar-refractivity contribution in [1.29, 1.82) is 0 Å². The van der Waals surface area contributed by atoms with E-state index in [1.54, 1.807) is 12.1 Å². The quantitative estimate of drug-likeness (QED) is 0.454. The molecule has 124 valence electrons. The first kappa shape index (κ1) is 16.6. The molecule has 1 saturated carbocycles. The van der Waals surface area contributed by atoms with Crippen LogP contribution in [0, 0.1) is 17.8 Å². The van der Waals surface area contributed by atoms with E-state index in [0.29, 0.717) is 17.4 Å². The van der Waals surface area contributed by atoms with Crippen LogP contribution in [0.1, 0.15) is 42.7 Å². The van der Waals surface area contributed by atoms with Crippen LogP contribution in [0.3, 0.4) is 0 Å². The molecule has 0 N–H and O–H groups in total. The average molecular weight is 328 g/mol. The summed E-state index contributed by atoms with van der Waals surface area (Å²) in [7, 11) is 0. The predicted octanol–water partition coefficient (Wildman–Crippen LogP) is 6.21. The van der Waals surface area contributed by atoms with E-state index < -0.39 is 6.18 Å². The van der Waals surface area contributed by atoms with Crippen LogP contribution >= 0.6 is 0 Å². The van der Waals surface area contributed by atoms with Crippen LogP contribution in [0.25, 0.3) is 10.8 Å². The molecule has 3 heteroatoms. The smallest absolute Gasteiger partial charge is 0.159 e. The van der Waals surface area contributed by atoms with Crippen molar-refractivity contribution in [3.63, 3.8) is 0 Å². The van der Waals surface area contributed by atoms with Crippen LogP contribution in [-0.2, 0) is 0 Å². The van der Waals surface area contributed by atoms with E-state index in [9.17, 15) is 13.2 Å². The molecule has 1 fully saturated rings. The van der Waals surface area contributed by atoms with Crippen molar-refractivity contribution in [3.8, 4) is 11.8 Å². The summed E-state index contributed by atoms with van der Waals surface area (Å²) in [5, 5.41) is 1.98. The third kappa shape index (κ3) is 4.00. The van der Waals surface area contributed by atoms with Gasteiger partial charge in [-0.2, -0.15) is 13.2 Å². The van der Waals surface area contributed by atoms with E-state index in [0.717, 1.165) is 23.6 Å². The molecular formula is C21H19F3. The summed E-state index contributed by atoms with van der Waals surface area (Å²) in [4.78, 5) is 0. The summed E-state index contributed by atoms with van der Waals surface area (Å²) < 4.78 is 36.6. The lowest BCUT2D eigenvalue weighted by Crippen LogP contribution is -2.11. The lowest BCUT2D eigenvalue weighted by atomic mass is 9.78. The van der Waals surface area contributed by atoms with E-state index in [1.807, 2.05) is 12.1 Å². The largest absolute Gasteiger partial charge is 0.458 e. The Bertz CT molecular complexity index is 797. The topological polar surface area (TPSA) is 0 Å². The van der Waals surface area contributed by atoms with Gasteiger partial charge in [0, 0.05) is 11.5 Å². The number of allylic oxidation sites excluding steroid dienone is 1. The molecule has 0 heterocycles. The first-order valence-electron chi connectivity index (χ1n) is 8.21. The molecule has 0 radical (unpaired) electrons. The Morgan fingerprint density at radius 1 is 0.958 bits per heavy atom. The van der Waals surface area contributed by atoms with Crippen molar-refractivity contribution in [2.24, 2.45) is 5.92 Å². The Morgan fingerprint density at radius 2 is 1.62 bits per heavy atom. The fourth-order valence-electron chi connectivity index (χ4n) is 3.43. The first-order valence-corrected chi connectivity index (χ1v) is 8.21. The highest BCUT2D eigenvalue weighted by atomic mass is 19.4. The number of fused-ring (bicyclic) bond motifs is 1. The highest BCUT2D eigenvalue weighted by molar-refractivity contribution is 5.84. The number of rotatable bonds is 2. The van der Waals surface area contributed by atoms with Gasteiger partial charge in [-0.3, -0.25) is 0 Å². The van der Waals surface area contributed by atoms with Gasteiger partial charge >= 0.3 is 6.18 Å². The average Bonchev–Trinajstić information content (AvgIpc) is 2.59. The standard InChI is InChI=1S/C21H19F3/c1-2-15-3-6-17(7-4-15)19-10-9-18-13-16(5-8-20(18)14-19)11-12-21(22,23)24/h2,5,8-10,13-15,17H,1,3-4,6-7H2. The third-order valence-electron chi connectivity index (χ3n) is 4.79. The Kier molecular flexibility index (Phi) is 4.66. The van der Waals surface area contributed by atoms with E-state index >= 15 is 0 Å². The molecule has 0 amide bonds. The van der Waals surface area contributed by atoms with Crippen LogP contribution in [-0.4, -0.2) is 6.18 Å². The molecular weight excluding hydrogens is 309 g/mol. The van der Waals surface area contributed by atoms with E-state index in [-0.39, 0.29) is 0 Å². The number of hydrogen-bond donors (Lipinski definition) is 0.